The minimum atomic E-state index is -3.59. The molecule has 0 atom stereocenters. The standard InChI is InChI=1S/C21H27N3O3S/c1-4-22-28(26,27)19-9-8-17(3)20(15-19)21(25)24-12-10-23(11-13-24)18-7-5-6-16(2)14-18/h5-9,14-15,22H,4,10-13H2,1-3H3. The van der Waals surface area contributed by atoms with Crippen molar-refractivity contribution >= 4 is 21.6 Å². The molecule has 1 aliphatic heterocycles. The van der Waals surface area contributed by atoms with E-state index in [0.717, 1.165) is 18.7 Å². The van der Waals surface area contributed by atoms with Crippen LogP contribution in [-0.2, 0) is 10.0 Å². The molecule has 6 nitrogen and oxygen atoms in total. The summed E-state index contributed by atoms with van der Waals surface area (Å²) in [6.07, 6.45) is 0. The van der Waals surface area contributed by atoms with Crippen molar-refractivity contribution in [1.29, 1.82) is 0 Å². The van der Waals surface area contributed by atoms with E-state index in [9.17, 15) is 13.2 Å². The third-order valence-electron chi connectivity index (χ3n) is 5.02. The number of aryl methyl sites for hydroxylation is 2. The molecular weight excluding hydrogens is 374 g/mol. The molecule has 1 aliphatic rings. The monoisotopic (exact) mass is 401 g/mol. The van der Waals surface area contributed by atoms with E-state index in [-0.39, 0.29) is 10.8 Å². The molecule has 3 rings (SSSR count). The van der Waals surface area contributed by atoms with E-state index < -0.39 is 10.0 Å². The molecule has 2 aromatic carbocycles. The Kier molecular flexibility index (Phi) is 6.05. The number of hydrogen-bond acceptors (Lipinski definition) is 4. The molecule has 7 heteroatoms. The van der Waals surface area contributed by atoms with E-state index in [1.807, 2.05) is 13.0 Å². The fourth-order valence-corrected chi connectivity index (χ4v) is 4.50. The van der Waals surface area contributed by atoms with Crippen molar-refractivity contribution in [3.8, 4) is 0 Å². The number of rotatable bonds is 5. The summed E-state index contributed by atoms with van der Waals surface area (Å²) in [5, 5.41) is 0. The van der Waals surface area contributed by atoms with E-state index in [1.54, 1.807) is 24.0 Å². The minimum Gasteiger partial charge on any atom is -0.368 e. The predicted molar refractivity (Wildman–Crippen MR) is 111 cm³/mol. The summed E-state index contributed by atoms with van der Waals surface area (Å²) < 4.78 is 27.0. The number of piperazine rings is 1. The number of nitrogens with one attached hydrogen (secondary N) is 1. The van der Waals surface area contributed by atoms with Crippen molar-refractivity contribution in [1.82, 2.24) is 9.62 Å². The number of amides is 1. The molecule has 28 heavy (non-hydrogen) atoms. The molecule has 0 aromatic heterocycles. The molecule has 0 unspecified atom stereocenters. The number of hydrogen-bond donors (Lipinski definition) is 1. The second-order valence-electron chi connectivity index (χ2n) is 7.10. The SMILES string of the molecule is CCNS(=O)(=O)c1ccc(C)c(C(=O)N2CCN(c3cccc(C)c3)CC2)c1. The van der Waals surface area contributed by atoms with Crippen LogP contribution in [0.15, 0.2) is 47.4 Å². The van der Waals surface area contributed by atoms with Gasteiger partial charge in [0.25, 0.3) is 5.91 Å². The highest BCUT2D eigenvalue weighted by Gasteiger charge is 2.25. The summed E-state index contributed by atoms with van der Waals surface area (Å²) in [5.74, 6) is -0.116. The third-order valence-corrected chi connectivity index (χ3v) is 6.56. The van der Waals surface area contributed by atoms with E-state index in [2.05, 4.69) is 34.7 Å². The molecule has 1 saturated heterocycles. The van der Waals surface area contributed by atoms with Gasteiger partial charge in [-0.1, -0.05) is 25.1 Å². The molecule has 0 radical (unpaired) electrons. The molecule has 150 valence electrons. The van der Waals surface area contributed by atoms with E-state index in [1.165, 1.54) is 17.3 Å². The van der Waals surface area contributed by atoms with Crippen molar-refractivity contribution < 1.29 is 13.2 Å². The summed E-state index contributed by atoms with van der Waals surface area (Å²) in [7, 11) is -3.59. The maximum Gasteiger partial charge on any atom is 0.254 e. The summed E-state index contributed by atoms with van der Waals surface area (Å²) >= 11 is 0. The first-order valence-electron chi connectivity index (χ1n) is 9.53. The Morgan fingerprint density at radius 2 is 1.75 bits per heavy atom. The van der Waals surface area contributed by atoms with Crippen LogP contribution in [0.4, 0.5) is 5.69 Å². The van der Waals surface area contributed by atoms with Crippen LogP contribution in [0.1, 0.15) is 28.4 Å². The van der Waals surface area contributed by atoms with Gasteiger partial charge in [-0.15, -0.1) is 0 Å². The fourth-order valence-electron chi connectivity index (χ4n) is 3.43. The van der Waals surface area contributed by atoms with Gasteiger partial charge < -0.3 is 9.80 Å². The summed E-state index contributed by atoms with van der Waals surface area (Å²) in [6, 6.07) is 13.1. The van der Waals surface area contributed by atoms with Crippen molar-refractivity contribution in [2.75, 3.05) is 37.6 Å². The van der Waals surface area contributed by atoms with Gasteiger partial charge in [-0.05, 0) is 49.2 Å². The molecule has 1 N–H and O–H groups in total. The zero-order valence-corrected chi connectivity index (χ0v) is 17.4. The first-order valence-corrected chi connectivity index (χ1v) is 11.0. The lowest BCUT2D eigenvalue weighted by atomic mass is 10.1. The number of sulfonamides is 1. The van der Waals surface area contributed by atoms with Gasteiger partial charge in [0.15, 0.2) is 0 Å². The van der Waals surface area contributed by atoms with Crippen molar-refractivity contribution in [2.45, 2.75) is 25.7 Å². The normalized spacial score (nSPS) is 15.0. The Morgan fingerprint density at radius 3 is 2.39 bits per heavy atom. The minimum absolute atomic E-state index is 0.116. The number of carbonyl (C=O) groups is 1. The van der Waals surface area contributed by atoms with Gasteiger partial charge in [-0.3, -0.25) is 4.79 Å². The van der Waals surface area contributed by atoms with E-state index >= 15 is 0 Å². The van der Waals surface area contributed by atoms with Gasteiger partial charge in [0.1, 0.15) is 0 Å². The number of anilines is 1. The Morgan fingerprint density at radius 1 is 1.04 bits per heavy atom. The van der Waals surface area contributed by atoms with Crippen LogP contribution in [0.25, 0.3) is 0 Å². The van der Waals surface area contributed by atoms with Crippen LogP contribution in [0, 0.1) is 13.8 Å². The third kappa shape index (κ3) is 4.36. The van der Waals surface area contributed by atoms with Gasteiger partial charge in [-0.2, -0.15) is 0 Å². The van der Waals surface area contributed by atoms with E-state index in [4.69, 9.17) is 0 Å². The van der Waals surface area contributed by atoms with Crippen LogP contribution in [-0.4, -0.2) is 51.9 Å². The summed E-state index contributed by atoms with van der Waals surface area (Å²) in [6.45, 7) is 8.66. The Hall–Kier alpha value is -2.38. The Labute approximate surface area is 167 Å². The molecule has 0 bridgehead atoms. The second kappa shape index (κ2) is 8.32. The largest absolute Gasteiger partial charge is 0.368 e. The lowest BCUT2D eigenvalue weighted by Crippen LogP contribution is -2.49. The smallest absolute Gasteiger partial charge is 0.254 e. The van der Waals surface area contributed by atoms with E-state index in [0.29, 0.717) is 25.2 Å². The first-order chi connectivity index (χ1) is 13.3. The van der Waals surface area contributed by atoms with Gasteiger partial charge >= 0.3 is 0 Å². The molecule has 2 aromatic rings. The predicted octanol–water partition coefficient (Wildman–Crippen LogP) is 2.56. The molecule has 1 heterocycles. The molecule has 1 fully saturated rings. The van der Waals surface area contributed by atoms with Crippen LogP contribution in [0.5, 0.6) is 0 Å². The molecule has 0 aliphatic carbocycles. The molecule has 0 spiro atoms. The van der Waals surface area contributed by atoms with Crippen LogP contribution < -0.4 is 9.62 Å². The van der Waals surface area contributed by atoms with Crippen LogP contribution in [0.2, 0.25) is 0 Å². The molecular formula is C21H27N3O3S. The highest BCUT2D eigenvalue weighted by Crippen LogP contribution is 2.21. The Balaban J connectivity index is 1.75. The Bertz CT molecular complexity index is 965. The van der Waals surface area contributed by atoms with Crippen molar-refractivity contribution in [3.63, 3.8) is 0 Å². The highest BCUT2D eigenvalue weighted by molar-refractivity contribution is 7.89. The van der Waals surface area contributed by atoms with Crippen LogP contribution >= 0.6 is 0 Å². The topological polar surface area (TPSA) is 69.7 Å². The van der Waals surface area contributed by atoms with Gasteiger partial charge in [0, 0.05) is 44.0 Å². The van der Waals surface area contributed by atoms with Gasteiger partial charge in [-0.25, -0.2) is 13.1 Å². The maximum absolute atomic E-state index is 13.0. The second-order valence-corrected chi connectivity index (χ2v) is 8.86. The van der Waals surface area contributed by atoms with Crippen molar-refractivity contribution in [2.24, 2.45) is 0 Å². The zero-order valence-electron chi connectivity index (χ0n) is 16.6. The number of benzene rings is 2. The number of nitrogens with zero attached hydrogens (tertiary/aromatic N) is 2. The average Bonchev–Trinajstić information content (AvgIpc) is 2.68. The fraction of sp³-hybridized carbons (Fsp3) is 0.381. The first kappa shape index (κ1) is 20.4. The highest BCUT2D eigenvalue weighted by atomic mass is 32.2. The maximum atomic E-state index is 13.0. The van der Waals surface area contributed by atoms with Crippen LogP contribution in [0.3, 0.4) is 0 Å². The lowest BCUT2D eigenvalue weighted by Gasteiger charge is -2.36. The average molecular weight is 402 g/mol. The molecule has 1 amide bonds. The lowest BCUT2D eigenvalue weighted by molar-refractivity contribution is 0.0746. The quantitative estimate of drug-likeness (QED) is 0.836. The molecule has 0 saturated carbocycles. The number of carbonyl (C=O) groups excluding carboxylic acids is 1. The zero-order chi connectivity index (χ0) is 20.3. The van der Waals surface area contributed by atoms with Crippen molar-refractivity contribution in [3.05, 3.63) is 59.2 Å². The summed E-state index contributed by atoms with van der Waals surface area (Å²) in [4.78, 5) is 17.3. The van der Waals surface area contributed by atoms with Gasteiger partial charge in [0.2, 0.25) is 10.0 Å². The summed E-state index contributed by atoms with van der Waals surface area (Å²) in [5.41, 5.74) is 3.61. The van der Waals surface area contributed by atoms with Gasteiger partial charge in [0.05, 0.1) is 4.90 Å².